The van der Waals surface area contributed by atoms with Crippen LogP contribution in [0.5, 0.6) is 0 Å². The number of allylic oxidation sites excluding steroid dienone is 15. The van der Waals surface area contributed by atoms with Gasteiger partial charge in [0.05, 0.1) is 40.0 Å². The second-order valence-corrected chi connectivity index (χ2v) is 17.0. The van der Waals surface area contributed by atoms with Crippen LogP contribution in [-0.2, 0) is 32.7 Å². The van der Waals surface area contributed by atoms with Crippen LogP contribution in [0.3, 0.4) is 0 Å². The highest BCUT2D eigenvalue weighted by Crippen LogP contribution is 2.38. The van der Waals surface area contributed by atoms with Gasteiger partial charge in [-0.2, -0.15) is 0 Å². The third-order valence-corrected chi connectivity index (χ3v) is 9.76. The van der Waals surface area contributed by atoms with Gasteiger partial charge >= 0.3 is 11.9 Å². The van der Waals surface area contributed by atoms with Gasteiger partial charge in [0.25, 0.3) is 7.82 Å². The first kappa shape index (κ1) is 56.9. The lowest BCUT2D eigenvalue weighted by Gasteiger charge is -2.28. The summed E-state index contributed by atoms with van der Waals surface area (Å²) in [5.41, 5.74) is 0. The summed E-state index contributed by atoms with van der Waals surface area (Å²) in [4.78, 5) is 37.6. The first-order valence-corrected chi connectivity index (χ1v) is 23.6. The molecule has 11 nitrogen and oxygen atoms in total. The zero-order valence-electron chi connectivity index (χ0n) is 37.6. The van der Waals surface area contributed by atoms with Crippen molar-refractivity contribution < 1.29 is 52.3 Å². The van der Waals surface area contributed by atoms with Crippen LogP contribution in [0, 0.1) is 0 Å². The normalized spacial score (nSPS) is 15.5. The van der Waals surface area contributed by atoms with E-state index in [-0.39, 0.29) is 45.3 Å². The smallest absolute Gasteiger partial charge is 0.306 e. The molecule has 0 spiro atoms. The van der Waals surface area contributed by atoms with Gasteiger partial charge in [-0.05, 0) is 89.9 Å². The number of ether oxygens (including phenoxy) is 2. The minimum atomic E-state index is -4.72. The molecule has 0 saturated heterocycles. The summed E-state index contributed by atoms with van der Waals surface area (Å²) >= 11 is 0. The van der Waals surface area contributed by atoms with Crippen molar-refractivity contribution in [3.8, 4) is 0 Å². The Balaban J connectivity index is 4.67. The summed E-state index contributed by atoms with van der Waals surface area (Å²) in [6.45, 7) is 3.59. The van der Waals surface area contributed by atoms with Crippen LogP contribution in [0.15, 0.2) is 97.2 Å². The van der Waals surface area contributed by atoms with Gasteiger partial charge in [0.1, 0.15) is 19.8 Å². The van der Waals surface area contributed by atoms with E-state index in [0.717, 1.165) is 77.0 Å². The van der Waals surface area contributed by atoms with Crippen molar-refractivity contribution in [1.82, 2.24) is 0 Å². The van der Waals surface area contributed by atoms with Crippen molar-refractivity contribution in [2.45, 2.75) is 148 Å². The summed E-state index contributed by atoms with van der Waals surface area (Å²) in [6.07, 6.45) is 43.2. The zero-order chi connectivity index (χ0) is 44.6. The number of carbonyl (C=O) groups excluding carboxylic acids is 2. The van der Waals surface area contributed by atoms with Crippen molar-refractivity contribution in [3.05, 3.63) is 97.2 Å². The molecule has 12 heteroatoms. The van der Waals surface area contributed by atoms with E-state index in [1.165, 1.54) is 0 Å². The lowest BCUT2D eigenvalue weighted by atomic mass is 10.0. The Labute approximate surface area is 363 Å². The highest BCUT2D eigenvalue weighted by Gasteiger charge is 2.22. The van der Waals surface area contributed by atoms with Crippen LogP contribution in [-0.4, -0.2) is 92.5 Å². The lowest BCUT2D eigenvalue weighted by molar-refractivity contribution is -0.870. The molecule has 0 aliphatic heterocycles. The van der Waals surface area contributed by atoms with E-state index in [4.69, 9.17) is 18.5 Å². The molecule has 0 aromatic heterocycles. The first-order chi connectivity index (χ1) is 28.8. The quantitative estimate of drug-likeness (QED) is 0.0202. The van der Waals surface area contributed by atoms with Crippen LogP contribution < -0.4 is 4.89 Å². The van der Waals surface area contributed by atoms with E-state index in [9.17, 15) is 29.3 Å². The maximum absolute atomic E-state index is 12.7. The Morgan fingerprint density at radius 3 is 1.62 bits per heavy atom. The SMILES string of the molecule is CC/C=C\C/C=C\C/C=C\C/C=C\CCCCCCC(=O)OC[C@H](COP(=O)([O-])OCC[N+](C)(C)C)OC(=O)CCC[C@@H](O)[C@H](O)C/C=C\C/C=C\C/C=C\C/C=C\CC. The van der Waals surface area contributed by atoms with Crippen LogP contribution >= 0.6 is 7.82 Å². The Morgan fingerprint density at radius 2 is 1.08 bits per heavy atom. The number of unbranched alkanes of at least 4 members (excludes halogenated alkanes) is 4. The molecule has 0 radical (unpaired) electrons. The molecule has 342 valence electrons. The third kappa shape index (κ3) is 40.3. The number of aliphatic hydroxyl groups is 2. The second kappa shape index (κ2) is 38.7. The van der Waals surface area contributed by atoms with Gasteiger partial charge in [-0.1, -0.05) is 124 Å². The number of nitrogens with zero attached hydrogens (tertiary/aromatic N) is 1. The van der Waals surface area contributed by atoms with E-state index in [2.05, 4.69) is 92.8 Å². The molecule has 0 rings (SSSR count). The van der Waals surface area contributed by atoms with Gasteiger partial charge in [0.2, 0.25) is 0 Å². The van der Waals surface area contributed by atoms with Gasteiger partial charge < -0.3 is 38.1 Å². The number of esters is 2. The van der Waals surface area contributed by atoms with E-state index in [0.29, 0.717) is 17.4 Å². The van der Waals surface area contributed by atoms with Crippen LogP contribution in [0.4, 0.5) is 0 Å². The molecule has 60 heavy (non-hydrogen) atoms. The first-order valence-electron chi connectivity index (χ1n) is 22.1. The zero-order valence-corrected chi connectivity index (χ0v) is 38.5. The van der Waals surface area contributed by atoms with Crippen molar-refractivity contribution in [2.24, 2.45) is 0 Å². The maximum atomic E-state index is 12.7. The largest absolute Gasteiger partial charge is 0.756 e. The number of aliphatic hydroxyl groups excluding tert-OH is 2. The number of phosphoric acid groups is 1. The summed E-state index contributed by atoms with van der Waals surface area (Å²) in [5, 5.41) is 20.8. The topological polar surface area (TPSA) is 152 Å². The maximum Gasteiger partial charge on any atom is 0.306 e. The number of hydrogen-bond donors (Lipinski definition) is 2. The van der Waals surface area contributed by atoms with Crippen LogP contribution in [0.25, 0.3) is 0 Å². The molecule has 1 unspecified atom stereocenters. The molecule has 0 aromatic rings. The van der Waals surface area contributed by atoms with E-state index >= 15 is 0 Å². The molecule has 0 heterocycles. The fourth-order valence-corrected chi connectivity index (χ4v) is 5.99. The van der Waals surface area contributed by atoms with Gasteiger partial charge in [-0.25, -0.2) is 0 Å². The van der Waals surface area contributed by atoms with Gasteiger partial charge in [-0.3, -0.25) is 14.2 Å². The third-order valence-electron chi connectivity index (χ3n) is 8.80. The summed E-state index contributed by atoms with van der Waals surface area (Å²) < 4.78 is 33.6. The summed E-state index contributed by atoms with van der Waals surface area (Å²) in [5.74, 6) is -1.16. The minimum Gasteiger partial charge on any atom is -0.756 e. The number of phosphoric ester groups is 1. The lowest BCUT2D eigenvalue weighted by Crippen LogP contribution is -2.37. The van der Waals surface area contributed by atoms with Gasteiger partial charge in [-0.15, -0.1) is 0 Å². The predicted octanol–water partition coefficient (Wildman–Crippen LogP) is 9.88. The number of hydrogen-bond acceptors (Lipinski definition) is 10. The van der Waals surface area contributed by atoms with E-state index in [1.54, 1.807) is 0 Å². The molecule has 2 N–H and O–H groups in total. The Kier molecular flexibility index (Phi) is 36.7. The molecule has 0 saturated carbocycles. The van der Waals surface area contributed by atoms with Gasteiger partial charge in [0.15, 0.2) is 6.10 Å². The molecule has 4 atom stereocenters. The number of rotatable bonds is 38. The molecule has 0 amide bonds. The summed E-state index contributed by atoms with van der Waals surface area (Å²) in [7, 11) is 0.953. The van der Waals surface area contributed by atoms with Crippen molar-refractivity contribution in [3.63, 3.8) is 0 Å². The van der Waals surface area contributed by atoms with Crippen molar-refractivity contribution >= 4 is 19.8 Å². The Hall–Kier alpha value is -3.15. The highest BCUT2D eigenvalue weighted by atomic mass is 31.2. The highest BCUT2D eigenvalue weighted by molar-refractivity contribution is 7.45. The number of quaternary nitrogens is 1. The number of carbonyl (C=O) groups is 2. The van der Waals surface area contributed by atoms with Crippen LogP contribution in [0.1, 0.15) is 129 Å². The predicted molar refractivity (Wildman–Crippen MR) is 243 cm³/mol. The standard InChI is InChI=1S/C48H80NO10P/c1-6-8-10-12-14-16-18-20-21-22-23-24-26-28-30-32-34-38-47(52)56-42-44(43-58-60(54,55)57-41-40-49(3,4)5)59-48(53)39-35-37-46(51)45(50)36-33-31-29-27-25-19-17-15-13-11-9-7-2/h8-11,14-17,20-21,23-25,27,31,33,44-46,50-51H,6-7,12-13,18-19,22,26,28-30,32,34-43H2,1-5H3/b10-8-,11-9-,16-14-,17-15-,21-20-,24-23-,27-25-,33-31-/t44-,45-,46-/m1/s1. The van der Waals surface area contributed by atoms with Crippen LogP contribution in [0.2, 0.25) is 0 Å². The molecule has 0 aliphatic rings. The molecule has 0 bridgehead atoms. The second-order valence-electron chi connectivity index (χ2n) is 15.6. The van der Waals surface area contributed by atoms with Gasteiger partial charge in [0, 0.05) is 12.8 Å². The average molecular weight is 862 g/mol. The fourth-order valence-electron chi connectivity index (χ4n) is 5.26. The van der Waals surface area contributed by atoms with E-state index < -0.39 is 44.7 Å². The minimum absolute atomic E-state index is 0.0936. The summed E-state index contributed by atoms with van der Waals surface area (Å²) in [6, 6.07) is 0. The molecule has 0 aliphatic carbocycles. The monoisotopic (exact) mass is 862 g/mol. The van der Waals surface area contributed by atoms with Crippen molar-refractivity contribution in [1.29, 1.82) is 0 Å². The molecule has 0 fully saturated rings. The Bertz CT molecular complexity index is 1380. The molecular weight excluding hydrogens is 781 g/mol. The Morgan fingerprint density at radius 1 is 0.600 bits per heavy atom. The molecule has 0 aromatic carbocycles. The van der Waals surface area contributed by atoms with Crippen molar-refractivity contribution in [2.75, 3.05) is 47.5 Å². The number of likely N-dealkylation sites (N-methyl/N-ethyl adjacent to an activating group) is 1. The average Bonchev–Trinajstić information content (AvgIpc) is 3.19. The fraction of sp³-hybridized carbons (Fsp3) is 0.625. The van der Waals surface area contributed by atoms with E-state index in [1.807, 2.05) is 39.4 Å². The molecular formula is C48H80NO10P.